The van der Waals surface area contributed by atoms with Crippen LogP contribution >= 0.6 is 22.6 Å². The largest absolute Gasteiger partial charge is 0.462 e. The highest BCUT2D eigenvalue weighted by Crippen LogP contribution is 2.17. The molecule has 0 saturated carbocycles. The lowest BCUT2D eigenvalue weighted by atomic mass is 10.1. The molecule has 1 aliphatic rings. The molecule has 1 aromatic carbocycles. The summed E-state index contributed by atoms with van der Waals surface area (Å²) in [6.45, 7) is 5.93. The number of carbonyl (C=O) groups excluding carboxylic acids is 1. The smallest absolute Gasteiger partial charge is 0.343 e. The lowest BCUT2D eigenvalue weighted by molar-refractivity contribution is 0.0524. The number of fused-ring (bicyclic) bond motifs is 1. The zero-order chi connectivity index (χ0) is 17.1. The molecule has 0 unspecified atom stereocenters. The number of nitrogens with zero attached hydrogens (tertiary/aromatic N) is 2. The Hall–Kier alpha value is -1.41. The van der Waals surface area contributed by atoms with Crippen molar-refractivity contribution in [3.8, 4) is 0 Å². The lowest BCUT2D eigenvalue weighted by Gasteiger charge is -2.18. The molecule has 1 fully saturated rings. The third-order valence-corrected chi connectivity index (χ3v) is 5.06. The van der Waals surface area contributed by atoms with Crippen LogP contribution in [0.4, 0.5) is 0 Å². The van der Waals surface area contributed by atoms with Gasteiger partial charge in [0, 0.05) is 28.2 Å². The lowest BCUT2D eigenvalue weighted by Crippen LogP contribution is -2.26. The minimum atomic E-state index is -0.543. The Kier molecular flexibility index (Phi) is 5.55. The Balaban J connectivity index is 2.03. The molecule has 0 bridgehead atoms. The summed E-state index contributed by atoms with van der Waals surface area (Å²) in [5.41, 5.74) is 0.736. The maximum atomic E-state index is 12.7. The number of carbonyl (C=O) groups is 1. The number of hydrogen-bond acceptors (Lipinski definition) is 4. The molecule has 2 heterocycles. The average molecular weight is 440 g/mol. The first-order chi connectivity index (χ1) is 11.6. The second-order valence-corrected chi connectivity index (χ2v) is 7.24. The van der Waals surface area contributed by atoms with Gasteiger partial charge in [-0.3, -0.25) is 4.79 Å². The van der Waals surface area contributed by atoms with Gasteiger partial charge >= 0.3 is 5.97 Å². The van der Waals surface area contributed by atoms with E-state index in [4.69, 9.17) is 4.74 Å². The summed E-state index contributed by atoms with van der Waals surface area (Å²) in [5.74, 6) is -0.543. The zero-order valence-corrected chi connectivity index (χ0v) is 15.9. The summed E-state index contributed by atoms with van der Waals surface area (Å²) in [7, 11) is 0. The van der Waals surface area contributed by atoms with E-state index in [1.165, 1.54) is 12.8 Å². The summed E-state index contributed by atoms with van der Waals surface area (Å²) >= 11 is 2.18. The van der Waals surface area contributed by atoms with Gasteiger partial charge < -0.3 is 14.2 Å². The van der Waals surface area contributed by atoms with Crippen LogP contribution in [-0.2, 0) is 11.3 Å². The third kappa shape index (κ3) is 3.64. The van der Waals surface area contributed by atoms with E-state index in [-0.39, 0.29) is 17.6 Å². The van der Waals surface area contributed by atoms with Crippen molar-refractivity contribution >= 4 is 39.5 Å². The van der Waals surface area contributed by atoms with Crippen molar-refractivity contribution in [3.05, 3.63) is 43.8 Å². The molecule has 6 heteroatoms. The second-order valence-electron chi connectivity index (χ2n) is 6.00. The van der Waals surface area contributed by atoms with Crippen LogP contribution in [0.5, 0.6) is 0 Å². The summed E-state index contributed by atoms with van der Waals surface area (Å²) < 4.78 is 8.04. The Bertz CT molecular complexity index is 810. The molecule has 0 radical (unpaired) electrons. The van der Waals surface area contributed by atoms with Gasteiger partial charge in [-0.1, -0.05) is 0 Å². The van der Waals surface area contributed by atoms with E-state index in [0.717, 1.165) is 35.3 Å². The number of likely N-dealkylation sites (tertiary alicyclic amines) is 1. The van der Waals surface area contributed by atoms with E-state index in [1.807, 2.05) is 22.8 Å². The Morgan fingerprint density at radius 2 is 2.00 bits per heavy atom. The number of ether oxygens (including phenoxy) is 1. The molecule has 3 rings (SSSR count). The van der Waals surface area contributed by atoms with Crippen LogP contribution in [-0.4, -0.2) is 41.7 Å². The molecule has 0 atom stereocenters. The summed E-state index contributed by atoms with van der Waals surface area (Å²) in [6, 6.07) is 5.78. The predicted molar refractivity (Wildman–Crippen MR) is 103 cm³/mol. The van der Waals surface area contributed by atoms with Crippen LogP contribution in [0.15, 0.2) is 29.2 Å². The first-order valence-electron chi connectivity index (χ1n) is 8.32. The molecule has 128 valence electrons. The highest BCUT2D eigenvalue weighted by molar-refractivity contribution is 14.1. The van der Waals surface area contributed by atoms with Crippen molar-refractivity contribution < 1.29 is 9.53 Å². The zero-order valence-electron chi connectivity index (χ0n) is 13.8. The van der Waals surface area contributed by atoms with Crippen molar-refractivity contribution in [2.45, 2.75) is 26.3 Å². The normalized spacial score (nSPS) is 15.1. The number of hydrogen-bond donors (Lipinski definition) is 0. The molecule has 24 heavy (non-hydrogen) atoms. The van der Waals surface area contributed by atoms with Crippen molar-refractivity contribution in [3.63, 3.8) is 0 Å². The van der Waals surface area contributed by atoms with E-state index >= 15 is 0 Å². The Morgan fingerprint density at radius 1 is 1.25 bits per heavy atom. The molecule has 1 saturated heterocycles. The van der Waals surface area contributed by atoms with Crippen molar-refractivity contribution in [1.29, 1.82) is 0 Å². The van der Waals surface area contributed by atoms with Crippen molar-refractivity contribution in [2.24, 2.45) is 0 Å². The maximum absolute atomic E-state index is 12.7. The average Bonchev–Trinajstić information content (AvgIpc) is 3.08. The number of aromatic nitrogens is 1. The van der Waals surface area contributed by atoms with Crippen LogP contribution in [0.1, 0.15) is 30.1 Å². The summed E-state index contributed by atoms with van der Waals surface area (Å²) in [5, 5.41) is 0.578. The fourth-order valence-corrected chi connectivity index (χ4v) is 3.66. The molecule has 1 aromatic heterocycles. The van der Waals surface area contributed by atoms with Gasteiger partial charge in [-0.2, -0.15) is 0 Å². The molecule has 0 aliphatic carbocycles. The fraction of sp³-hybridized carbons (Fsp3) is 0.444. The van der Waals surface area contributed by atoms with Gasteiger partial charge in [0.05, 0.1) is 12.1 Å². The van der Waals surface area contributed by atoms with Crippen LogP contribution < -0.4 is 5.43 Å². The first kappa shape index (κ1) is 17.4. The number of halogens is 1. The van der Waals surface area contributed by atoms with Crippen molar-refractivity contribution in [2.75, 3.05) is 26.2 Å². The van der Waals surface area contributed by atoms with Gasteiger partial charge in [0.25, 0.3) is 0 Å². The van der Waals surface area contributed by atoms with Crippen LogP contribution in [0, 0.1) is 3.57 Å². The molecule has 0 N–H and O–H groups in total. The number of pyridine rings is 1. The van der Waals surface area contributed by atoms with Crippen LogP contribution in [0.3, 0.4) is 0 Å². The van der Waals surface area contributed by atoms with Gasteiger partial charge in [-0.25, -0.2) is 4.79 Å². The number of benzene rings is 1. The topological polar surface area (TPSA) is 51.5 Å². The van der Waals surface area contributed by atoms with Crippen LogP contribution in [0.25, 0.3) is 10.9 Å². The predicted octanol–water partition coefficient (Wildman–Crippen LogP) is 2.88. The third-order valence-electron chi connectivity index (χ3n) is 4.39. The molecule has 5 nitrogen and oxygen atoms in total. The van der Waals surface area contributed by atoms with E-state index < -0.39 is 5.97 Å². The SMILES string of the molecule is CCOC(=O)c1cn(CCN2CCCC2)c2ccc(I)cc2c1=O. The highest BCUT2D eigenvalue weighted by Gasteiger charge is 2.18. The maximum Gasteiger partial charge on any atom is 0.343 e. The van der Waals surface area contributed by atoms with Gasteiger partial charge in [0.2, 0.25) is 5.43 Å². The molecular formula is C18H21IN2O3. The minimum absolute atomic E-state index is 0.118. The van der Waals surface area contributed by atoms with Crippen LogP contribution in [0.2, 0.25) is 0 Å². The van der Waals surface area contributed by atoms with E-state index in [0.29, 0.717) is 5.39 Å². The Labute approximate surface area is 154 Å². The monoisotopic (exact) mass is 440 g/mol. The molecule has 2 aromatic rings. The number of esters is 1. The highest BCUT2D eigenvalue weighted by atomic mass is 127. The minimum Gasteiger partial charge on any atom is -0.462 e. The van der Waals surface area contributed by atoms with E-state index in [2.05, 4.69) is 27.5 Å². The summed E-state index contributed by atoms with van der Waals surface area (Å²) in [6.07, 6.45) is 4.15. The Morgan fingerprint density at radius 3 is 2.71 bits per heavy atom. The van der Waals surface area contributed by atoms with Crippen molar-refractivity contribution in [1.82, 2.24) is 9.47 Å². The fourth-order valence-electron chi connectivity index (χ4n) is 3.16. The van der Waals surface area contributed by atoms with Gasteiger partial charge in [-0.15, -0.1) is 0 Å². The van der Waals surface area contributed by atoms with Gasteiger partial charge in [0.15, 0.2) is 0 Å². The first-order valence-corrected chi connectivity index (χ1v) is 9.40. The number of rotatable bonds is 5. The summed E-state index contributed by atoms with van der Waals surface area (Å²) in [4.78, 5) is 27.3. The standard InChI is InChI=1S/C18H21IN2O3/c1-2-24-18(23)15-12-21(10-9-20-7-3-4-8-20)16-6-5-13(19)11-14(16)17(15)22/h5-6,11-12H,2-4,7-10H2,1H3. The van der Waals surface area contributed by atoms with Gasteiger partial charge in [0.1, 0.15) is 5.56 Å². The quantitative estimate of drug-likeness (QED) is 0.530. The second kappa shape index (κ2) is 7.65. The molecule has 1 aliphatic heterocycles. The molecule has 0 spiro atoms. The van der Waals surface area contributed by atoms with E-state index in [1.54, 1.807) is 13.1 Å². The van der Waals surface area contributed by atoms with E-state index in [9.17, 15) is 9.59 Å². The molecule has 0 amide bonds. The molecular weight excluding hydrogens is 419 g/mol. The van der Waals surface area contributed by atoms with Gasteiger partial charge in [-0.05, 0) is 73.6 Å².